The molecule has 4 heterocycles. The van der Waals surface area contributed by atoms with Gasteiger partial charge in [0.1, 0.15) is 5.65 Å². The Morgan fingerprint density at radius 3 is 2.55 bits per heavy atom. The lowest BCUT2D eigenvalue weighted by atomic mass is 9.90. The predicted molar refractivity (Wildman–Crippen MR) is 157 cm³/mol. The predicted octanol–water partition coefficient (Wildman–Crippen LogP) is 4.90. The number of hydrogen-bond donors (Lipinski definition) is 1. The molecule has 2 unspecified atom stereocenters. The Morgan fingerprint density at radius 2 is 1.89 bits per heavy atom. The Hall–Kier alpha value is -3.16. The summed E-state index contributed by atoms with van der Waals surface area (Å²) < 4.78 is 1.64. The number of pyridine rings is 1. The third kappa shape index (κ3) is 5.94. The SMILES string of the molecule is C=C1C(C(C)CC)=CC(c2cc(=O)n3cc(N4CCN(CCO)CC4)ccc3n2)=CN1/C=C(/C)C(C)CC. The Balaban J connectivity index is 1.68. The zero-order chi connectivity index (χ0) is 27.4. The normalized spacial score (nSPS) is 19.0. The van der Waals surface area contributed by atoms with E-state index < -0.39 is 0 Å². The molecule has 2 aliphatic heterocycles. The number of nitrogens with zero attached hydrogens (tertiary/aromatic N) is 5. The largest absolute Gasteiger partial charge is 0.395 e. The molecule has 7 nitrogen and oxygen atoms in total. The smallest absolute Gasteiger partial charge is 0.258 e. The number of aliphatic hydroxyl groups excluding tert-OH is 1. The lowest BCUT2D eigenvalue weighted by Gasteiger charge is -2.35. The van der Waals surface area contributed by atoms with Crippen molar-refractivity contribution in [2.24, 2.45) is 11.8 Å². The summed E-state index contributed by atoms with van der Waals surface area (Å²) in [5.41, 5.74) is 6.61. The fourth-order valence-electron chi connectivity index (χ4n) is 5.03. The number of aromatic nitrogens is 2. The number of piperazine rings is 1. The third-order valence-corrected chi connectivity index (χ3v) is 8.20. The van der Waals surface area contributed by atoms with E-state index in [2.05, 4.69) is 80.4 Å². The molecule has 0 saturated carbocycles. The maximum atomic E-state index is 13.3. The van der Waals surface area contributed by atoms with Crippen LogP contribution in [0.4, 0.5) is 5.69 Å². The number of anilines is 1. The second-order valence-electron chi connectivity index (χ2n) is 10.7. The average molecular weight is 518 g/mol. The van der Waals surface area contributed by atoms with Crippen molar-refractivity contribution in [3.63, 3.8) is 0 Å². The van der Waals surface area contributed by atoms with E-state index in [1.54, 1.807) is 10.5 Å². The number of hydrogen-bond acceptors (Lipinski definition) is 6. The summed E-state index contributed by atoms with van der Waals surface area (Å²) in [4.78, 5) is 24.9. The average Bonchev–Trinajstić information content (AvgIpc) is 2.93. The minimum atomic E-state index is -0.0903. The summed E-state index contributed by atoms with van der Waals surface area (Å²) in [5, 5.41) is 9.20. The van der Waals surface area contributed by atoms with E-state index in [-0.39, 0.29) is 12.2 Å². The molecular formula is C31H43N5O2. The molecular weight excluding hydrogens is 474 g/mol. The van der Waals surface area contributed by atoms with Crippen molar-refractivity contribution in [2.75, 3.05) is 44.2 Å². The molecule has 4 rings (SSSR count). The first-order valence-corrected chi connectivity index (χ1v) is 14.0. The maximum Gasteiger partial charge on any atom is 0.258 e. The minimum absolute atomic E-state index is 0.0903. The summed E-state index contributed by atoms with van der Waals surface area (Å²) in [7, 11) is 0. The van der Waals surface area contributed by atoms with E-state index in [1.165, 1.54) is 11.1 Å². The zero-order valence-electron chi connectivity index (χ0n) is 23.7. The van der Waals surface area contributed by atoms with Gasteiger partial charge in [0.2, 0.25) is 0 Å². The molecule has 0 aliphatic carbocycles. The van der Waals surface area contributed by atoms with Crippen molar-refractivity contribution in [2.45, 2.75) is 47.5 Å². The topological polar surface area (TPSA) is 64.3 Å². The van der Waals surface area contributed by atoms with Crippen LogP contribution in [0.2, 0.25) is 0 Å². The molecule has 2 aromatic rings. The summed E-state index contributed by atoms with van der Waals surface area (Å²) in [5.74, 6) is 0.820. The summed E-state index contributed by atoms with van der Waals surface area (Å²) in [6.07, 6.45) is 10.4. The number of rotatable bonds is 9. The van der Waals surface area contributed by atoms with E-state index in [4.69, 9.17) is 4.98 Å². The van der Waals surface area contributed by atoms with E-state index >= 15 is 0 Å². The van der Waals surface area contributed by atoms with E-state index in [0.717, 1.165) is 56.0 Å². The molecule has 204 valence electrons. The van der Waals surface area contributed by atoms with Crippen LogP contribution < -0.4 is 10.5 Å². The van der Waals surface area contributed by atoms with Crippen LogP contribution in [0.3, 0.4) is 0 Å². The van der Waals surface area contributed by atoms with Gasteiger partial charge < -0.3 is 14.9 Å². The molecule has 2 aromatic heterocycles. The van der Waals surface area contributed by atoms with Crippen LogP contribution in [-0.2, 0) is 0 Å². The lowest BCUT2D eigenvalue weighted by Crippen LogP contribution is -2.47. The second kappa shape index (κ2) is 12.1. The monoisotopic (exact) mass is 517 g/mol. The molecule has 2 aliphatic rings. The Bertz CT molecular complexity index is 1310. The first kappa shape index (κ1) is 27.9. The highest BCUT2D eigenvalue weighted by molar-refractivity contribution is 5.76. The van der Waals surface area contributed by atoms with Gasteiger partial charge in [-0.3, -0.25) is 14.1 Å². The van der Waals surface area contributed by atoms with Gasteiger partial charge in [-0.25, -0.2) is 4.98 Å². The van der Waals surface area contributed by atoms with Gasteiger partial charge in [-0.1, -0.05) is 39.8 Å². The number of aliphatic hydroxyl groups is 1. The highest BCUT2D eigenvalue weighted by Gasteiger charge is 2.22. The fraction of sp³-hybridized carbons (Fsp3) is 0.484. The van der Waals surface area contributed by atoms with Gasteiger partial charge in [0.15, 0.2) is 0 Å². The molecule has 0 spiro atoms. The Labute approximate surface area is 227 Å². The molecule has 0 amide bonds. The Kier molecular flexibility index (Phi) is 8.90. The van der Waals surface area contributed by atoms with E-state index in [0.29, 0.717) is 29.7 Å². The number of β-amino-alcohol motifs (C(OH)–C–C–N with tert-alkyl or cyclic N) is 1. The van der Waals surface area contributed by atoms with Crippen LogP contribution >= 0.6 is 0 Å². The maximum absolute atomic E-state index is 13.3. The standard InChI is InChI=1S/C31H43N5O2/c1-7-22(3)24(5)19-35-20-26(17-28(25(35)6)23(4)8-2)29-18-31(38)36-21-27(9-10-30(36)32-29)34-13-11-33(12-14-34)15-16-37/h9-10,17-23,37H,6-8,11-16H2,1-5H3/b24-19-. The van der Waals surface area contributed by atoms with Crippen molar-refractivity contribution in [1.82, 2.24) is 19.2 Å². The van der Waals surface area contributed by atoms with Crippen LogP contribution in [0.15, 0.2) is 71.1 Å². The molecule has 0 bridgehead atoms. The fourth-order valence-corrected chi connectivity index (χ4v) is 5.03. The summed E-state index contributed by atoms with van der Waals surface area (Å²) in [6, 6.07) is 5.63. The molecule has 2 atom stereocenters. The zero-order valence-corrected chi connectivity index (χ0v) is 23.7. The van der Waals surface area contributed by atoms with Crippen LogP contribution in [-0.4, -0.2) is 63.6 Å². The quantitative estimate of drug-likeness (QED) is 0.510. The van der Waals surface area contributed by atoms with Crippen molar-refractivity contribution in [3.8, 4) is 0 Å². The van der Waals surface area contributed by atoms with Crippen LogP contribution in [0.1, 0.15) is 53.2 Å². The van der Waals surface area contributed by atoms with Gasteiger partial charge in [-0.05, 0) is 55.4 Å². The van der Waals surface area contributed by atoms with Gasteiger partial charge in [0.05, 0.1) is 18.0 Å². The molecule has 1 N–H and O–H groups in total. The number of fused-ring (bicyclic) bond motifs is 1. The minimum Gasteiger partial charge on any atom is -0.395 e. The van der Waals surface area contributed by atoms with Crippen molar-refractivity contribution >= 4 is 16.9 Å². The molecule has 0 radical (unpaired) electrons. The Morgan fingerprint density at radius 1 is 1.16 bits per heavy atom. The highest BCUT2D eigenvalue weighted by Crippen LogP contribution is 2.34. The molecule has 1 saturated heterocycles. The van der Waals surface area contributed by atoms with Crippen molar-refractivity contribution in [3.05, 3.63) is 82.3 Å². The number of allylic oxidation sites excluding steroid dienone is 4. The molecule has 0 aromatic carbocycles. The van der Waals surface area contributed by atoms with Crippen molar-refractivity contribution in [1.29, 1.82) is 0 Å². The van der Waals surface area contributed by atoms with Gasteiger partial charge in [0, 0.05) is 68.7 Å². The third-order valence-electron chi connectivity index (χ3n) is 8.20. The van der Waals surface area contributed by atoms with Gasteiger partial charge in [-0.2, -0.15) is 0 Å². The molecule has 38 heavy (non-hydrogen) atoms. The first-order chi connectivity index (χ1) is 18.2. The van der Waals surface area contributed by atoms with Crippen LogP contribution in [0.25, 0.3) is 11.2 Å². The van der Waals surface area contributed by atoms with Crippen LogP contribution in [0.5, 0.6) is 0 Å². The molecule has 1 fully saturated rings. The van der Waals surface area contributed by atoms with Crippen LogP contribution in [0, 0.1) is 11.8 Å². The van der Waals surface area contributed by atoms with E-state index in [9.17, 15) is 9.90 Å². The summed E-state index contributed by atoms with van der Waals surface area (Å²) in [6.45, 7) is 19.8. The van der Waals surface area contributed by atoms with Gasteiger partial charge >= 0.3 is 0 Å². The van der Waals surface area contributed by atoms with Crippen molar-refractivity contribution < 1.29 is 5.11 Å². The molecule has 7 heteroatoms. The van der Waals surface area contributed by atoms with E-state index in [1.807, 2.05) is 12.3 Å². The lowest BCUT2D eigenvalue weighted by molar-refractivity contribution is 0.189. The van der Waals surface area contributed by atoms with Gasteiger partial charge in [0.25, 0.3) is 5.56 Å². The first-order valence-electron chi connectivity index (χ1n) is 14.0. The highest BCUT2D eigenvalue weighted by atomic mass is 16.3. The summed E-state index contributed by atoms with van der Waals surface area (Å²) >= 11 is 0. The second-order valence-corrected chi connectivity index (χ2v) is 10.7. The van der Waals surface area contributed by atoms with Gasteiger partial charge in [-0.15, -0.1) is 0 Å².